The Labute approximate surface area is 127 Å². The summed E-state index contributed by atoms with van der Waals surface area (Å²) in [6, 6.07) is 8.59. The van der Waals surface area contributed by atoms with Gasteiger partial charge in [-0.05, 0) is 18.9 Å². The molecule has 0 unspecified atom stereocenters. The molecule has 2 nitrogen and oxygen atoms in total. The van der Waals surface area contributed by atoms with E-state index in [0.29, 0.717) is 0 Å². The quantitative estimate of drug-likeness (QED) is 0.841. The van der Waals surface area contributed by atoms with E-state index in [2.05, 4.69) is 24.3 Å². The number of thioether (sulfide) groups is 1. The highest BCUT2D eigenvalue weighted by Crippen LogP contribution is 2.46. The van der Waals surface area contributed by atoms with Crippen molar-refractivity contribution in [1.29, 1.82) is 0 Å². The van der Waals surface area contributed by atoms with E-state index in [9.17, 15) is 0 Å². The van der Waals surface area contributed by atoms with E-state index >= 15 is 0 Å². The third-order valence-corrected chi connectivity index (χ3v) is 6.93. The normalized spacial score (nSPS) is 20.2. The first kappa shape index (κ1) is 12.9. The van der Waals surface area contributed by atoms with Crippen LogP contribution in [-0.4, -0.2) is 4.98 Å². The van der Waals surface area contributed by atoms with Crippen LogP contribution in [0.2, 0.25) is 0 Å². The van der Waals surface area contributed by atoms with Gasteiger partial charge in [0.05, 0.1) is 11.2 Å². The number of fused-ring (bicyclic) bond motifs is 3. The van der Waals surface area contributed by atoms with Crippen molar-refractivity contribution in [2.75, 3.05) is 0 Å². The van der Waals surface area contributed by atoms with E-state index in [4.69, 9.17) is 10.7 Å². The Balaban J connectivity index is 1.78. The van der Waals surface area contributed by atoms with Gasteiger partial charge in [-0.25, -0.2) is 4.98 Å². The van der Waals surface area contributed by atoms with Crippen LogP contribution in [0.25, 0.3) is 11.3 Å². The summed E-state index contributed by atoms with van der Waals surface area (Å²) in [5, 5.41) is 1.17. The number of thiazole rings is 1. The fourth-order valence-electron chi connectivity index (χ4n) is 3.20. The van der Waals surface area contributed by atoms with Crippen LogP contribution >= 0.6 is 23.1 Å². The fourth-order valence-corrected chi connectivity index (χ4v) is 5.56. The van der Waals surface area contributed by atoms with Crippen molar-refractivity contribution in [1.82, 2.24) is 4.98 Å². The van der Waals surface area contributed by atoms with E-state index in [1.165, 1.54) is 45.3 Å². The first-order valence-corrected chi connectivity index (χ1v) is 9.08. The number of rotatable bonds is 1. The van der Waals surface area contributed by atoms with E-state index in [-0.39, 0.29) is 5.54 Å². The highest BCUT2D eigenvalue weighted by atomic mass is 32.2. The number of aromatic nitrogens is 1. The molecule has 20 heavy (non-hydrogen) atoms. The molecule has 1 aromatic heterocycles. The Morgan fingerprint density at radius 3 is 2.75 bits per heavy atom. The predicted molar refractivity (Wildman–Crippen MR) is 86.1 cm³/mol. The first-order chi connectivity index (χ1) is 9.76. The Bertz CT molecular complexity index is 642. The van der Waals surface area contributed by atoms with Crippen LogP contribution < -0.4 is 5.73 Å². The molecule has 0 atom stereocenters. The van der Waals surface area contributed by atoms with Crippen LogP contribution in [0.15, 0.2) is 29.2 Å². The second-order valence-electron chi connectivity index (χ2n) is 5.79. The number of nitrogens with two attached hydrogens (primary N) is 1. The standard InChI is InChI=1S/C16H18N2S2/c17-16(8-4-1-5-9-16)15-18-14-11-6-2-3-7-12(11)19-10-13(14)20-15/h2-3,6-7H,1,4-5,8-10,17H2. The average Bonchev–Trinajstić information content (AvgIpc) is 2.93. The Kier molecular flexibility index (Phi) is 3.13. The number of nitrogens with zero attached hydrogens (tertiary/aromatic N) is 1. The average molecular weight is 302 g/mol. The number of hydrogen-bond acceptors (Lipinski definition) is 4. The summed E-state index contributed by atoms with van der Waals surface area (Å²) >= 11 is 3.77. The van der Waals surface area contributed by atoms with E-state index in [1.54, 1.807) is 0 Å². The van der Waals surface area contributed by atoms with Crippen molar-refractivity contribution < 1.29 is 0 Å². The van der Waals surface area contributed by atoms with Crippen LogP contribution in [0.4, 0.5) is 0 Å². The summed E-state index contributed by atoms with van der Waals surface area (Å²) in [6.45, 7) is 0. The lowest BCUT2D eigenvalue weighted by Crippen LogP contribution is -2.38. The zero-order valence-electron chi connectivity index (χ0n) is 11.4. The third-order valence-electron chi connectivity index (χ3n) is 4.37. The van der Waals surface area contributed by atoms with Crippen molar-refractivity contribution in [3.05, 3.63) is 34.2 Å². The number of benzene rings is 1. The van der Waals surface area contributed by atoms with Gasteiger partial charge in [-0.1, -0.05) is 37.5 Å². The minimum Gasteiger partial charge on any atom is -0.319 e. The monoisotopic (exact) mass is 302 g/mol. The highest BCUT2D eigenvalue weighted by Gasteiger charge is 2.34. The molecule has 1 saturated carbocycles. The molecule has 0 saturated heterocycles. The zero-order valence-corrected chi connectivity index (χ0v) is 13.0. The van der Waals surface area contributed by atoms with Crippen LogP contribution in [0.5, 0.6) is 0 Å². The molecule has 104 valence electrons. The van der Waals surface area contributed by atoms with E-state index in [0.717, 1.165) is 18.6 Å². The molecule has 2 heterocycles. The van der Waals surface area contributed by atoms with Crippen molar-refractivity contribution >= 4 is 23.1 Å². The lowest BCUT2D eigenvalue weighted by molar-refractivity contribution is 0.301. The van der Waals surface area contributed by atoms with E-state index < -0.39 is 0 Å². The maximum atomic E-state index is 6.65. The van der Waals surface area contributed by atoms with Gasteiger partial charge < -0.3 is 5.73 Å². The molecule has 2 aliphatic rings. The molecule has 1 aliphatic carbocycles. The molecule has 1 aromatic carbocycles. The summed E-state index contributed by atoms with van der Waals surface area (Å²) < 4.78 is 0. The van der Waals surface area contributed by atoms with Crippen molar-refractivity contribution in [3.63, 3.8) is 0 Å². The summed E-state index contributed by atoms with van der Waals surface area (Å²) in [5.41, 5.74) is 8.97. The van der Waals surface area contributed by atoms with Crippen molar-refractivity contribution in [2.24, 2.45) is 5.73 Å². The molecule has 2 aromatic rings. The molecule has 4 heteroatoms. The van der Waals surface area contributed by atoms with Crippen molar-refractivity contribution in [2.45, 2.75) is 48.3 Å². The third kappa shape index (κ3) is 2.01. The summed E-state index contributed by atoms with van der Waals surface area (Å²) in [7, 11) is 0. The van der Waals surface area contributed by atoms with Crippen LogP contribution in [-0.2, 0) is 11.3 Å². The SMILES string of the molecule is NC1(c2nc3c(s2)CSc2ccccc2-3)CCCCC1. The van der Waals surface area contributed by atoms with Gasteiger partial charge in [0.25, 0.3) is 0 Å². The lowest BCUT2D eigenvalue weighted by Gasteiger charge is -2.31. The maximum absolute atomic E-state index is 6.65. The molecule has 2 N–H and O–H groups in total. The fraction of sp³-hybridized carbons (Fsp3) is 0.438. The van der Waals surface area contributed by atoms with Crippen LogP contribution in [0, 0.1) is 0 Å². The summed E-state index contributed by atoms with van der Waals surface area (Å²) in [5.74, 6) is 1.04. The second kappa shape index (κ2) is 4.86. The van der Waals surface area contributed by atoms with Crippen LogP contribution in [0.1, 0.15) is 42.0 Å². The van der Waals surface area contributed by atoms with Gasteiger partial charge in [-0.2, -0.15) is 0 Å². The van der Waals surface area contributed by atoms with Gasteiger partial charge in [-0.3, -0.25) is 0 Å². The molecule has 1 aliphatic heterocycles. The molecule has 1 fully saturated rings. The molecular formula is C16H18N2S2. The molecule has 0 radical (unpaired) electrons. The van der Waals surface area contributed by atoms with Gasteiger partial charge >= 0.3 is 0 Å². The minimum absolute atomic E-state index is 0.167. The predicted octanol–water partition coefficient (Wildman–Crippen LogP) is 4.53. The van der Waals surface area contributed by atoms with Crippen molar-refractivity contribution in [3.8, 4) is 11.3 Å². The van der Waals surface area contributed by atoms with Crippen LogP contribution in [0.3, 0.4) is 0 Å². The van der Waals surface area contributed by atoms with E-state index in [1.807, 2.05) is 23.1 Å². The molecule has 4 rings (SSSR count). The lowest BCUT2D eigenvalue weighted by atomic mass is 9.83. The van der Waals surface area contributed by atoms with Gasteiger partial charge in [0.1, 0.15) is 5.01 Å². The minimum atomic E-state index is -0.167. The summed E-state index contributed by atoms with van der Waals surface area (Å²) in [6.07, 6.45) is 5.99. The van der Waals surface area contributed by atoms with Gasteiger partial charge in [0, 0.05) is 21.1 Å². The number of hydrogen-bond donors (Lipinski definition) is 1. The molecule has 0 amide bonds. The second-order valence-corrected chi connectivity index (χ2v) is 7.89. The summed E-state index contributed by atoms with van der Waals surface area (Å²) in [4.78, 5) is 7.72. The Morgan fingerprint density at radius 1 is 1.10 bits per heavy atom. The Hall–Kier alpha value is -0.840. The van der Waals surface area contributed by atoms with Gasteiger partial charge in [0.15, 0.2) is 0 Å². The molecule has 0 spiro atoms. The smallest absolute Gasteiger partial charge is 0.113 e. The molecular weight excluding hydrogens is 284 g/mol. The van der Waals surface area contributed by atoms with Gasteiger partial charge in [-0.15, -0.1) is 23.1 Å². The zero-order chi connectivity index (χ0) is 13.6. The Morgan fingerprint density at radius 2 is 1.90 bits per heavy atom. The first-order valence-electron chi connectivity index (χ1n) is 7.27. The topological polar surface area (TPSA) is 38.9 Å². The van der Waals surface area contributed by atoms with Gasteiger partial charge in [0.2, 0.25) is 0 Å². The largest absolute Gasteiger partial charge is 0.319 e. The maximum Gasteiger partial charge on any atom is 0.113 e. The highest BCUT2D eigenvalue weighted by molar-refractivity contribution is 7.98. The molecule has 0 bridgehead atoms.